The molecule has 6 heteroatoms. The number of hydrogen-bond acceptors (Lipinski definition) is 4. The number of carbonyl (C=O) groups is 1. The van der Waals surface area contributed by atoms with E-state index >= 15 is 0 Å². The number of amides is 1. The number of hydrogen-bond donors (Lipinski definition) is 3. The zero-order valence-electron chi connectivity index (χ0n) is 9.84. The van der Waals surface area contributed by atoms with Gasteiger partial charge in [-0.3, -0.25) is 4.79 Å². The molecule has 1 aromatic heterocycles. The molecule has 0 aliphatic rings. The van der Waals surface area contributed by atoms with Crippen molar-refractivity contribution in [3.8, 4) is 0 Å². The number of carbonyl (C=O) groups excluding carboxylic acids is 1. The summed E-state index contributed by atoms with van der Waals surface area (Å²) in [6.45, 7) is 1.36. The van der Waals surface area contributed by atoms with Gasteiger partial charge in [-0.15, -0.1) is 0 Å². The van der Waals surface area contributed by atoms with E-state index in [1.807, 2.05) is 10.8 Å². The molecule has 1 amide bonds. The molecule has 0 radical (unpaired) electrons. The minimum Gasteiger partial charge on any atom is -0.397 e. The molecule has 0 atom stereocenters. The Bertz CT molecular complexity index is 535. The van der Waals surface area contributed by atoms with E-state index in [1.165, 1.54) is 0 Å². The lowest BCUT2D eigenvalue weighted by Gasteiger charge is -2.12. The fraction of sp³-hybridized carbons (Fsp3) is 0.167. The van der Waals surface area contributed by atoms with E-state index in [1.54, 1.807) is 30.7 Å². The molecule has 0 saturated heterocycles. The van der Waals surface area contributed by atoms with Crippen molar-refractivity contribution in [3.63, 3.8) is 0 Å². The zero-order chi connectivity index (χ0) is 13.0. The second-order valence-corrected chi connectivity index (χ2v) is 3.86. The summed E-state index contributed by atoms with van der Waals surface area (Å²) in [6, 6.07) is 5.08. The third kappa shape index (κ3) is 2.60. The van der Waals surface area contributed by atoms with Crippen molar-refractivity contribution in [1.82, 2.24) is 9.55 Å². The number of nitrogen functional groups attached to an aromatic ring is 1. The van der Waals surface area contributed by atoms with Crippen LogP contribution in [0.15, 0.2) is 36.9 Å². The molecule has 2 aromatic rings. The number of rotatable bonds is 5. The summed E-state index contributed by atoms with van der Waals surface area (Å²) >= 11 is 0. The van der Waals surface area contributed by atoms with E-state index in [0.29, 0.717) is 23.5 Å². The molecule has 0 bridgehead atoms. The number of anilines is 2. The maximum absolute atomic E-state index is 11.3. The Morgan fingerprint density at radius 1 is 1.44 bits per heavy atom. The summed E-state index contributed by atoms with van der Waals surface area (Å²) in [5.74, 6) is -0.493. The third-order valence-corrected chi connectivity index (χ3v) is 2.59. The fourth-order valence-electron chi connectivity index (χ4n) is 1.70. The Kier molecular flexibility index (Phi) is 3.47. The van der Waals surface area contributed by atoms with Crippen LogP contribution in [0.1, 0.15) is 10.4 Å². The van der Waals surface area contributed by atoms with Crippen molar-refractivity contribution in [1.29, 1.82) is 0 Å². The number of nitrogens with one attached hydrogen (secondary N) is 1. The summed E-state index contributed by atoms with van der Waals surface area (Å²) in [4.78, 5) is 15.2. The number of para-hydroxylation sites is 1. The lowest BCUT2D eigenvalue weighted by molar-refractivity contribution is 0.100. The molecular weight excluding hydrogens is 230 g/mol. The summed E-state index contributed by atoms with van der Waals surface area (Å²) < 4.78 is 1.93. The van der Waals surface area contributed by atoms with Crippen molar-refractivity contribution in [3.05, 3.63) is 42.5 Å². The van der Waals surface area contributed by atoms with Crippen LogP contribution in [-0.4, -0.2) is 22.0 Å². The van der Waals surface area contributed by atoms with Crippen LogP contribution in [0.4, 0.5) is 11.4 Å². The van der Waals surface area contributed by atoms with Gasteiger partial charge in [-0.2, -0.15) is 0 Å². The van der Waals surface area contributed by atoms with Gasteiger partial charge in [-0.05, 0) is 12.1 Å². The summed E-state index contributed by atoms with van der Waals surface area (Å²) in [5.41, 5.74) is 12.6. The molecule has 0 fully saturated rings. The van der Waals surface area contributed by atoms with E-state index in [4.69, 9.17) is 11.5 Å². The fourth-order valence-corrected chi connectivity index (χ4v) is 1.70. The van der Waals surface area contributed by atoms with Crippen molar-refractivity contribution in [2.75, 3.05) is 17.6 Å². The quantitative estimate of drug-likeness (QED) is 0.674. The Labute approximate surface area is 105 Å². The molecule has 5 N–H and O–H groups in total. The van der Waals surface area contributed by atoms with Crippen molar-refractivity contribution in [2.45, 2.75) is 6.54 Å². The molecule has 0 aliphatic heterocycles. The molecule has 0 unspecified atom stereocenters. The van der Waals surface area contributed by atoms with E-state index in [9.17, 15) is 4.79 Å². The lowest BCUT2D eigenvalue weighted by atomic mass is 10.1. The monoisotopic (exact) mass is 245 g/mol. The average molecular weight is 245 g/mol. The van der Waals surface area contributed by atoms with Crippen LogP contribution in [-0.2, 0) is 6.54 Å². The number of aromatic nitrogens is 2. The predicted molar refractivity (Wildman–Crippen MR) is 70.1 cm³/mol. The number of nitrogens with zero attached hydrogens (tertiary/aromatic N) is 2. The highest BCUT2D eigenvalue weighted by Gasteiger charge is 2.09. The minimum absolute atomic E-state index is 0.403. The predicted octanol–water partition coefficient (Wildman–Crippen LogP) is 0.676. The van der Waals surface area contributed by atoms with Gasteiger partial charge in [0.05, 0.1) is 23.3 Å². The van der Waals surface area contributed by atoms with Gasteiger partial charge in [-0.25, -0.2) is 4.98 Å². The Morgan fingerprint density at radius 3 is 2.94 bits per heavy atom. The first-order chi connectivity index (χ1) is 8.68. The number of nitrogens with two attached hydrogens (primary N) is 2. The largest absolute Gasteiger partial charge is 0.397 e. The lowest BCUT2D eigenvalue weighted by Crippen LogP contribution is -2.17. The molecule has 0 spiro atoms. The van der Waals surface area contributed by atoms with E-state index < -0.39 is 5.91 Å². The van der Waals surface area contributed by atoms with Crippen molar-refractivity contribution >= 4 is 17.3 Å². The van der Waals surface area contributed by atoms with Crippen LogP contribution >= 0.6 is 0 Å². The normalized spacial score (nSPS) is 10.2. The van der Waals surface area contributed by atoms with Crippen LogP contribution in [0.2, 0.25) is 0 Å². The molecule has 1 heterocycles. The molecule has 2 rings (SSSR count). The SMILES string of the molecule is NC(=O)c1cccc(N)c1NCCn1ccnc1. The van der Waals surface area contributed by atoms with Crippen LogP contribution in [0.5, 0.6) is 0 Å². The zero-order valence-corrected chi connectivity index (χ0v) is 9.84. The van der Waals surface area contributed by atoms with Crippen molar-refractivity contribution in [2.24, 2.45) is 5.73 Å². The van der Waals surface area contributed by atoms with Gasteiger partial charge in [0.15, 0.2) is 0 Å². The summed E-state index contributed by atoms with van der Waals surface area (Å²) in [6.07, 6.45) is 5.31. The molecule has 0 aliphatic carbocycles. The highest BCUT2D eigenvalue weighted by molar-refractivity contribution is 6.01. The van der Waals surface area contributed by atoms with E-state index in [-0.39, 0.29) is 0 Å². The van der Waals surface area contributed by atoms with Crippen LogP contribution in [0.25, 0.3) is 0 Å². The molecule has 1 aromatic carbocycles. The Morgan fingerprint density at radius 2 is 2.28 bits per heavy atom. The Hall–Kier alpha value is -2.50. The van der Waals surface area contributed by atoms with Gasteiger partial charge in [-0.1, -0.05) is 6.07 Å². The first-order valence-electron chi connectivity index (χ1n) is 5.56. The molecule has 18 heavy (non-hydrogen) atoms. The number of benzene rings is 1. The van der Waals surface area contributed by atoms with Crippen LogP contribution in [0.3, 0.4) is 0 Å². The smallest absolute Gasteiger partial charge is 0.250 e. The molecule has 0 saturated carbocycles. The average Bonchev–Trinajstić information content (AvgIpc) is 2.84. The number of primary amides is 1. The molecule has 6 nitrogen and oxygen atoms in total. The molecular formula is C12H15N5O. The first-order valence-corrected chi connectivity index (χ1v) is 5.56. The summed E-state index contributed by atoms with van der Waals surface area (Å²) in [7, 11) is 0. The highest BCUT2D eigenvalue weighted by atomic mass is 16.1. The van der Waals surface area contributed by atoms with Gasteiger partial charge in [0.25, 0.3) is 5.91 Å². The second kappa shape index (κ2) is 5.22. The second-order valence-electron chi connectivity index (χ2n) is 3.86. The van der Waals surface area contributed by atoms with E-state index in [2.05, 4.69) is 10.3 Å². The topological polar surface area (TPSA) is 99.0 Å². The summed E-state index contributed by atoms with van der Waals surface area (Å²) in [5, 5.41) is 3.13. The minimum atomic E-state index is -0.493. The van der Waals surface area contributed by atoms with Gasteiger partial charge in [0, 0.05) is 25.5 Å². The van der Waals surface area contributed by atoms with Gasteiger partial charge in [0.2, 0.25) is 0 Å². The Balaban J connectivity index is 2.06. The van der Waals surface area contributed by atoms with Gasteiger partial charge in [0.1, 0.15) is 0 Å². The van der Waals surface area contributed by atoms with Crippen LogP contribution in [0, 0.1) is 0 Å². The highest BCUT2D eigenvalue weighted by Crippen LogP contribution is 2.22. The standard InChI is InChI=1S/C12H15N5O/c13-10-3-1-2-9(12(14)18)11(10)16-5-7-17-6-4-15-8-17/h1-4,6,8,16H,5,7,13H2,(H2,14,18). The maximum atomic E-state index is 11.3. The maximum Gasteiger partial charge on any atom is 0.250 e. The van der Waals surface area contributed by atoms with Crippen LogP contribution < -0.4 is 16.8 Å². The van der Waals surface area contributed by atoms with Gasteiger partial charge >= 0.3 is 0 Å². The van der Waals surface area contributed by atoms with Crippen molar-refractivity contribution < 1.29 is 4.79 Å². The third-order valence-electron chi connectivity index (χ3n) is 2.59. The molecule has 94 valence electrons. The van der Waals surface area contributed by atoms with E-state index in [0.717, 1.165) is 6.54 Å². The van der Waals surface area contributed by atoms with Gasteiger partial charge < -0.3 is 21.4 Å². The first kappa shape index (κ1) is 12.0. The number of imidazole rings is 1.